The molecule has 1 aromatic rings. The van der Waals surface area contributed by atoms with Gasteiger partial charge >= 0.3 is 0 Å². The first-order valence-electron chi connectivity index (χ1n) is 8.92. The van der Waals surface area contributed by atoms with E-state index in [1.54, 1.807) is 0 Å². The highest BCUT2D eigenvalue weighted by atomic mass is 15.3. The number of fused-ring (bicyclic) bond motifs is 2. The summed E-state index contributed by atoms with van der Waals surface area (Å²) in [6, 6.07) is 0. The predicted octanol–water partition coefficient (Wildman–Crippen LogP) is 3.48. The van der Waals surface area contributed by atoms with Gasteiger partial charge in [-0.05, 0) is 82.4 Å². The molecule has 2 bridgehead atoms. The number of nitrogens with one attached hydrogen (secondary N) is 1. The van der Waals surface area contributed by atoms with Crippen LogP contribution >= 0.6 is 0 Å². The molecular weight excluding hydrogens is 258 g/mol. The van der Waals surface area contributed by atoms with Gasteiger partial charge in [-0.25, -0.2) is 0 Å². The average Bonchev–Trinajstić information content (AvgIpc) is 3.14. The molecule has 2 saturated carbocycles. The molecule has 1 heterocycles. The Hall–Kier alpha value is -0.830. The highest BCUT2D eigenvalue weighted by molar-refractivity contribution is 5.25. The highest BCUT2D eigenvalue weighted by Crippen LogP contribution is 2.48. The van der Waals surface area contributed by atoms with Crippen molar-refractivity contribution in [3.63, 3.8) is 0 Å². The van der Waals surface area contributed by atoms with Crippen LogP contribution in [0.5, 0.6) is 0 Å². The van der Waals surface area contributed by atoms with Gasteiger partial charge in [-0.3, -0.25) is 4.68 Å². The summed E-state index contributed by atoms with van der Waals surface area (Å²) in [5, 5.41) is 8.35. The number of hydrogen-bond acceptors (Lipinski definition) is 2. The van der Waals surface area contributed by atoms with Gasteiger partial charge in [0.25, 0.3) is 0 Å². The van der Waals surface area contributed by atoms with Gasteiger partial charge in [-0.1, -0.05) is 13.3 Å². The van der Waals surface area contributed by atoms with Gasteiger partial charge in [0, 0.05) is 12.2 Å². The lowest BCUT2D eigenvalue weighted by atomic mass is 9.89. The van der Waals surface area contributed by atoms with Crippen molar-refractivity contribution in [1.29, 1.82) is 0 Å². The van der Waals surface area contributed by atoms with E-state index in [0.29, 0.717) is 0 Å². The molecule has 0 spiro atoms. The molecule has 21 heavy (non-hydrogen) atoms. The molecule has 1 aromatic heterocycles. The molecule has 0 amide bonds. The molecule has 2 aliphatic rings. The Labute approximate surface area is 129 Å². The zero-order valence-corrected chi connectivity index (χ0v) is 14.0. The van der Waals surface area contributed by atoms with Crippen LogP contribution in [-0.2, 0) is 13.0 Å². The van der Waals surface area contributed by atoms with Crippen molar-refractivity contribution in [2.45, 2.75) is 65.8 Å². The van der Waals surface area contributed by atoms with Crippen LogP contribution < -0.4 is 5.32 Å². The molecule has 0 aliphatic heterocycles. The van der Waals surface area contributed by atoms with Crippen molar-refractivity contribution < 1.29 is 0 Å². The molecule has 3 unspecified atom stereocenters. The van der Waals surface area contributed by atoms with Crippen LogP contribution in [0.25, 0.3) is 0 Å². The molecule has 0 saturated heterocycles. The maximum absolute atomic E-state index is 4.85. The summed E-state index contributed by atoms with van der Waals surface area (Å²) in [6.07, 6.45) is 8.25. The van der Waals surface area contributed by atoms with Crippen molar-refractivity contribution in [1.82, 2.24) is 15.1 Å². The molecule has 2 aliphatic carbocycles. The van der Waals surface area contributed by atoms with E-state index in [-0.39, 0.29) is 0 Å². The molecule has 118 valence electrons. The van der Waals surface area contributed by atoms with E-state index in [4.69, 9.17) is 5.10 Å². The van der Waals surface area contributed by atoms with Gasteiger partial charge in [-0.2, -0.15) is 5.10 Å². The number of aromatic nitrogens is 2. The fraction of sp³-hybridized carbons (Fsp3) is 0.833. The molecule has 3 rings (SSSR count). The minimum absolute atomic E-state index is 0.896. The second-order valence-corrected chi connectivity index (χ2v) is 7.27. The Morgan fingerprint density at radius 1 is 1.19 bits per heavy atom. The van der Waals surface area contributed by atoms with E-state index in [0.717, 1.165) is 43.8 Å². The van der Waals surface area contributed by atoms with Crippen molar-refractivity contribution in [2.24, 2.45) is 17.8 Å². The normalized spacial score (nSPS) is 27.7. The largest absolute Gasteiger partial charge is 0.316 e. The Morgan fingerprint density at radius 2 is 2.05 bits per heavy atom. The molecular formula is C18H31N3. The van der Waals surface area contributed by atoms with E-state index in [1.165, 1.54) is 49.1 Å². The summed E-state index contributed by atoms with van der Waals surface area (Å²) in [4.78, 5) is 0. The minimum Gasteiger partial charge on any atom is -0.316 e. The Bertz CT molecular complexity index is 477. The van der Waals surface area contributed by atoms with Crippen molar-refractivity contribution in [3.05, 3.63) is 17.0 Å². The number of aryl methyl sites for hydroxylation is 1. The average molecular weight is 289 g/mol. The molecule has 3 heteroatoms. The number of rotatable bonds is 7. The van der Waals surface area contributed by atoms with Crippen LogP contribution in [0.1, 0.15) is 56.0 Å². The van der Waals surface area contributed by atoms with Crippen LogP contribution in [0.15, 0.2) is 0 Å². The smallest absolute Gasteiger partial charge is 0.0628 e. The maximum Gasteiger partial charge on any atom is 0.0628 e. The second-order valence-electron chi connectivity index (χ2n) is 7.27. The van der Waals surface area contributed by atoms with Gasteiger partial charge in [0.1, 0.15) is 0 Å². The molecule has 1 N–H and O–H groups in total. The monoisotopic (exact) mass is 289 g/mol. The summed E-state index contributed by atoms with van der Waals surface area (Å²) in [7, 11) is 0. The van der Waals surface area contributed by atoms with Gasteiger partial charge in [0.2, 0.25) is 0 Å². The van der Waals surface area contributed by atoms with Crippen LogP contribution in [0, 0.1) is 31.6 Å². The van der Waals surface area contributed by atoms with E-state index >= 15 is 0 Å². The van der Waals surface area contributed by atoms with Gasteiger partial charge < -0.3 is 5.32 Å². The van der Waals surface area contributed by atoms with Crippen molar-refractivity contribution in [3.8, 4) is 0 Å². The molecule has 2 fully saturated rings. The van der Waals surface area contributed by atoms with Crippen LogP contribution in [0.4, 0.5) is 0 Å². The van der Waals surface area contributed by atoms with Gasteiger partial charge in [0.15, 0.2) is 0 Å². The Morgan fingerprint density at radius 3 is 2.71 bits per heavy atom. The maximum atomic E-state index is 4.85. The summed E-state index contributed by atoms with van der Waals surface area (Å²) in [5.41, 5.74) is 4.13. The lowest BCUT2D eigenvalue weighted by Gasteiger charge is -2.22. The quantitative estimate of drug-likeness (QED) is 0.779. The van der Waals surface area contributed by atoms with E-state index in [9.17, 15) is 0 Å². The standard InChI is InChI=1S/C18H31N3/c1-4-8-19-9-7-18-13(2)20-21(14(18)3)12-17-11-15-5-6-16(17)10-15/h15-17,19H,4-12H2,1-3H3. The fourth-order valence-corrected chi connectivity index (χ4v) is 4.61. The molecule has 0 aromatic carbocycles. The third-order valence-electron chi connectivity index (χ3n) is 5.80. The van der Waals surface area contributed by atoms with Gasteiger partial charge in [-0.15, -0.1) is 0 Å². The first kappa shape index (κ1) is 15.1. The van der Waals surface area contributed by atoms with Crippen LogP contribution in [0.3, 0.4) is 0 Å². The summed E-state index contributed by atoms with van der Waals surface area (Å²) in [5.74, 6) is 2.93. The van der Waals surface area contributed by atoms with Crippen molar-refractivity contribution in [2.75, 3.05) is 13.1 Å². The van der Waals surface area contributed by atoms with E-state index in [1.807, 2.05) is 0 Å². The Kier molecular flexibility index (Phi) is 4.68. The highest BCUT2D eigenvalue weighted by Gasteiger charge is 2.39. The van der Waals surface area contributed by atoms with Crippen LogP contribution in [-0.4, -0.2) is 22.9 Å². The Balaban J connectivity index is 1.61. The first-order chi connectivity index (χ1) is 10.2. The summed E-state index contributed by atoms with van der Waals surface area (Å²) < 4.78 is 2.32. The number of hydrogen-bond donors (Lipinski definition) is 1. The van der Waals surface area contributed by atoms with E-state index in [2.05, 4.69) is 30.8 Å². The van der Waals surface area contributed by atoms with Gasteiger partial charge in [0.05, 0.1) is 5.69 Å². The van der Waals surface area contributed by atoms with E-state index < -0.39 is 0 Å². The topological polar surface area (TPSA) is 29.9 Å². The second kappa shape index (κ2) is 6.51. The number of nitrogens with zero attached hydrogens (tertiary/aromatic N) is 2. The third kappa shape index (κ3) is 3.18. The zero-order valence-electron chi connectivity index (χ0n) is 14.0. The van der Waals surface area contributed by atoms with Crippen LogP contribution in [0.2, 0.25) is 0 Å². The summed E-state index contributed by atoms with van der Waals surface area (Å²) >= 11 is 0. The molecule has 3 atom stereocenters. The minimum atomic E-state index is 0.896. The predicted molar refractivity (Wildman–Crippen MR) is 87.5 cm³/mol. The summed E-state index contributed by atoms with van der Waals surface area (Å²) in [6.45, 7) is 10.0. The molecule has 3 nitrogen and oxygen atoms in total. The SMILES string of the molecule is CCCNCCc1c(C)nn(CC2CC3CCC2C3)c1C. The first-order valence-corrected chi connectivity index (χ1v) is 8.92. The fourth-order valence-electron chi connectivity index (χ4n) is 4.61. The third-order valence-corrected chi connectivity index (χ3v) is 5.80. The van der Waals surface area contributed by atoms with Crippen molar-refractivity contribution >= 4 is 0 Å². The lowest BCUT2D eigenvalue weighted by molar-refractivity contribution is 0.283. The molecule has 0 radical (unpaired) electrons. The lowest BCUT2D eigenvalue weighted by Crippen LogP contribution is -2.19. The zero-order chi connectivity index (χ0) is 14.8.